The Morgan fingerprint density at radius 2 is 2.06 bits per heavy atom. The third kappa shape index (κ3) is 4.02. The maximum atomic E-state index is 15.4. The Hall–Kier alpha value is -3.18. The van der Waals surface area contributed by atoms with Gasteiger partial charge in [0, 0.05) is 62.5 Å². The molecule has 2 aliphatic carbocycles. The molecule has 8 heteroatoms. The van der Waals surface area contributed by atoms with Crippen LogP contribution in [0.25, 0.3) is 0 Å². The van der Waals surface area contributed by atoms with Crippen LogP contribution in [0.3, 0.4) is 0 Å². The Bertz CT molecular complexity index is 1080. The van der Waals surface area contributed by atoms with Crippen LogP contribution < -0.4 is 10.1 Å². The van der Waals surface area contributed by atoms with Gasteiger partial charge < -0.3 is 19.9 Å². The van der Waals surface area contributed by atoms with Crippen molar-refractivity contribution >= 4 is 0 Å². The zero-order valence-corrected chi connectivity index (χ0v) is 19.0. The van der Waals surface area contributed by atoms with E-state index in [4.69, 9.17) is 4.74 Å². The highest BCUT2D eigenvalue weighted by Gasteiger charge is 2.41. The van der Waals surface area contributed by atoms with Crippen molar-refractivity contribution in [1.82, 2.24) is 25.1 Å². The second kappa shape index (κ2) is 8.99. The number of allylic oxidation sites excluding steroid dienone is 7. The second-order valence-corrected chi connectivity index (χ2v) is 9.09. The molecule has 0 spiro atoms. The van der Waals surface area contributed by atoms with E-state index in [0.717, 1.165) is 50.4 Å². The van der Waals surface area contributed by atoms with Gasteiger partial charge in [0.1, 0.15) is 23.7 Å². The van der Waals surface area contributed by atoms with E-state index < -0.39 is 6.17 Å². The summed E-state index contributed by atoms with van der Waals surface area (Å²) in [6.45, 7) is 5.90. The summed E-state index contributed by atoms with van der Waals surface area (Å²) in [7, 11) is 1.99. The fraction of sp³-hybridized carbons (Fsp3) is 0.480. The molecule has 0 amide bonds. The zero-order chi connectivity index (χ0) is 22.9. The highest BCUT2D eigenvalue weighted by molar-refractivity contribution is 5.47. The average Bonchev–Trinajstić information content (AvgIpc) is 3.15. The van der Waals surface area contributed by atoms with Gasteiger partial charge >= 0.3 is 0 Å². The van der Waals surface area contributed by atoms with Gasteiger partial charge in [0.25, 0.3) is 0 Å². The Labute approximate surface area is 193 Å². The third-order valence-corrected chi connectivity index (χ3v) is 7.14. The molecular formula is C25H29FN6O. The van der Waals surface area contributed by atoms with E-state index >= 15 is 4.39 Å². The molecule has 7 nitrogen and oxygen atoms in total. The summed E-state index contributed by atoms with van der Waals surface area (Å²) in [5.41, 5.74) is 3.03. The molecule has 2 saturated heterocycles. The van der Waals surface area contributed by atoms with Gasteiger partial charge in [0.15, 0.2) is 6.17 Å². The van der Waals surface area contributed by atoms with Crippen molar-refractivity contribution in [2.75, 3.05) is 33.2 Å². The number of alkyl halides is 1. The largest absolute Gasteiger partial charge is 0.439 e. The van der Waals surface area contributed by atoms with Crippen molar-refractivity contribution in [2.24, 2.45) is 5.92 Å². The van der Waals surface area contributed by atoms with E-state index in [1.54, 1.807) is 6.08 Å². The molecule has 1 aromatic heterocycles. The predicted octanol–water partition coefficient (Wildman–Crippen LogP) is 3.02. The number of piperazine rings is 1. The van der Waals surface area contributed by atoms with Crippen LogP contribution in [-0.2, 0) is 0 Å². The average molecular weight is 449 g/mol. The van der Waals surface area contributed by atoms with Crippen LogP contribution in [0.1, 0.15) is 36.9 Å². The Balaban J connectivity index is 1.41. The Morgan fingerprint density at radius 1 is 1.24 bits per heavy atom. The van der Waals surface area contributed by atoms with Crippen molar-refractivity contribution in [3.05, 3.63) is 65.1 Å². The topological polar surface area (TPSA) is 77.3 Å². The molecule has 5 rings (SSSR count). The van der Waals surface area contributed by atoms with Gasteiger partial charge in [-0.05, 0) is 38.0 Å². The van der Waals surface area contributed by atoms with Crippen molar-refractivity contribution in [3.8, 4) is 11.9 Å². The quantitative estimate of drug-likeness (QED) is 0.759. The fourth-order valence-corrected chi connectivity index (χ4v) is 5.17. The van der Waals surface area contributed by atoms with Crippen molar-refractivity contribution in [2.45, 2.75) is 37.9 Å². The SMILES string of the molecule is C[C@@H]1CC2C(=CC=C(Oc3ncnc([C@@H]4C=C(N5CCNCC5)C=CC4)c3C#N)[C@H]2F)N1C. The van der Waals surface area contributed by atoms with Crippen LogP contribution in [0.2, 0.25) is 0 Å². The molecule has 1 aromatic rings. The lowest BCUT2D eigenvalue weighted by Gasteiger charge is -2.32. The summed E-state index contributed by atoms with van der Waals surface area (Å²) in [5.74, 6) is 0.0365. The molecule has 0 saturated carbocycles. The minimum atomic E-state index is -1.26. The van der Waals surface area contributed by atoms with Crippen molar-refractivity contribution in [3.63, 3.8) is 0 Å². The molecule has 4 atom stereocenters. The van der Waals surface area contributed by atoms with Gasteiger partial charge in [0.2, 0.25) is 5.88 Å². The van der Waals surface area contributed by atoms with Crippen LogP contribution in [0.5, 0.6) is 5.88 Å². The summed E-state index contributed by atoms with van der Waals surface area (Å²) < 4.78 is 21.3. The first-order valence-corrected chi connectivity index (χ1v) is 11.6. The summed E-state index contributed by atoms with van der Waals surface area (Å²) in [5, 5.41) is 13.3. The van der Waals surface area contributed by atoms with E-state index in [0.29, 0.717) is 5.69 Å². The minimum Gasteiger partial charge on any atom is -0.439 e. The number of ether oxygens (including phenoxy) is 1. The standard InChI is InChI=1S/C25H29FN6O/c1-16-12-19-21(31(16)2)6-7-22(23(19)26)33-25-20(14-27)24(29-15-30-25)17-4-3-5-18(13-17)32-10-8-28-9-11-32/h3,5-7,13,15-17,19,23,28H,4,8-12H2,1-2H3/t16-,17+,19?,23+/m1/s1. The Kier molecular flexibility index (Phi) is 5.90. The van der Waals surface area contributed by atoms with E-state index in [-0.39, 0.29) is 35.1 Å². The highest BCUT2D eigenvalue weighted by atomic mass is 19.1. The third-order valence-electron chi connectivity index (χ3n) is 7.14. The number of hydrogen-bond acceptors (Lipinski definition) is 7. The van der Waals surface area contributed by atoms with Gasteiger partial charge in [0.05, 0.1) is 5.69 Å². The molecule has 3 heterocycles. The first-order valence-electron chi connectivity index (χ1n) is 11.6. The molecule has 0 bridgehead atoms. The molecule has 2 fully saturated rings. The normalized spacial score (nSPS) is 29.1. The van der Waals surface area contributed by atoms with E-state index in [2.05, 4.69) is 56.3 Å². The maximum Gasteiger partial charge on any atom is 0.240 e. The van der Waals surface area contributed by atoms with E-state index in [1.165, 1.54) is 6.33 Å². The van der Waals surface area contributed by atoms with Crippen LogP contribution in [0, 0.1) is 17.2 Å². The molecule has 1 unspecified atom stereocenters. The minimum absolute atomic E-state index is 0.0581. The smallest absolute Gasteiger partial charge is 0.240 e. The second-order valence-electron chi connectivity index (χ2n) is 9.09. The van der Waals surface area contributed by atoms with Crippen molar-refractivity contribution < 1.29 is 9.13 Å². The predicted molar refractivity (Wildman–Crippen MR) is 123 cm³/mol. The maximum absolute atomic E-state index is 15.4. The number of likely N-dealkylation sites (tertiary alicyclic amines) is 1. The first kappa shape index (κ1) is 21.7. The lowest BCUT2D eigenvalue weighted by Crippen LogP contribution is -2.42. The lowest BCUT2D eigenvalue weighted by atomic mass is 9.92. The number of nitrogens with zero attached hydrogens (tertiary/aromatic N) is 5. The summed E-state index contributed by atoms with van der Waals surface area (Å²) in [6.07, 6.45) is 11.6. The molecule has 1 N–H and O–H groups in total. The number of aromatic nitrogens is 2. The van der Waals surface area contributed by atoms with Gasteiger partial charge in [-0.3, -0.25) is 0 Å². The highest BCUT2D eigenvalue weighted by Crippen LogP contribution is 2.41. The number of hydrogen-bond donors (Lipinski definition) is 1. The Morgan fingerprint density at radius 3 is 2.85 bits per heavy atom. The fourth-order valence-electron chi connectivity index (χ4n) is 5.17. The monoisotopic (exact) mass is 448 g/mol. The number of halogens is 1. The number of nitrogens with one attached hydrogen (secondary N) is 1. The molecule has 172 valence electrons. The number of rotatable bonds is 4. The van der Waals surface area contributed by atoms with Crippen LogP contribution >= 0.6 is 0 Å². The van der Waals surface area contributed by atoms with Crippen LogP contribution in [-0.4, -0.2) is 65.2 Å². The molecule has 0 aromatic carbocycles. The van der Waals surface area contributed by atoms with Crippen LogP contribution in [0.15, 0.2) is 53.9 Å². The summed E-state index contributed by atoms with van der Waals surface area (Å²) >= 11 is 0. The molecule has 0 radical (unpaired) electrons. The molecule has 33 heavy (non-hydrogen) atoms. The van der Waals surface area contributed by atoms with Gasteiger partial charge in [-0.1, -0.05) is 12.2 Å². The number of fused-ring (bicyclic) bond motifs is 1. The van der Waals surface area contributed by atoms with Crippen LogP contribution in [0.4, 0.5) is 4.39 Å². The van der Waals surface area contributed by atoms with Gasteiger partial charge in [-0.25, -0.2) is 14.4 Å². The molecular weight excluding hydrogens is 419 g/mol. The molecule has 4 aliphatic rings. The van der Waals surface area contributed by atoms with E-state index in [9.17, 15) is 5.26 Å². The zero-order valence-electron chi connectivity index (χ0n) is 19.0. The summed E-state index contributed by atoms with van der Waals surface area (Å²) in [6, 6.07) is 2.50. The number of nitriles is 1. The van der Waals surface area contributed by atoms with Gasteiger partial charge in [-0.15, -0.1) is 0 Å². The molecule has 2 aliphatic heterocycles. The lowest BCUT2D eigenvalue weighted by molar-refractivity contribution is 0.213. The first-order chi connectivity index (χ1) is 16.1. The van der Waals surface area contributed by atoms with Gasteiger partial charge in [-0.2, -0.15) is 5.26 Å². The van der Waals surface area contributed by atoms with E-state index in [1.807, 2.05) is 13.1 Å². The van der Waals surface area contributed by atoms with Crippen molar-refractivity contribution in [1.29, 1.82) is 5.26 Å². The summed E-state index contributed by atoms with van der Waals surface area (Å²) in [4.78, 5) is 13.1.